The van der Waals surface area contributed by atoms with Crippen molar-refractivity contribution >= 4 is 20.9 Å². The summed E-state index contributed by atoms with van der Waals surface area (Å²) in [5, 5.41) is 3.93. The Bertz CT molecular complexity index is 1700. The number of H-pyrrole nitrogens is 1. The molecule has 2 aromatic heterocycles. The molecule has 1 aliphatic carbocycles. The number of nitrogens with zero attached hydrogens (tertiary/aromatic N) is 2. The van der Waals surface area contributed by atoms with Crippen LogP contribution < -0.4 is 20.7 Å². The molecule has 0 spiro atoms. The average molecular weight is 511 g/mol. The zero-order chi connectivity index (χ0) is 25.7. The number of hydrogen-bond acceptors (Lipinski definition) is 7. The highest BCUT2D eigenvalue weighted by atomic mass is 32.2. The first-order valence-electron chi connectivity index (χ1n) is 11.5. The number of hydrogen-bond donors (Lipinski definition) is 2. The van der Waals surface area contributed by atoms with Crippen LogP contribution in [0.1, 0.15) is 42.3 Å². The standard InChI is InChI=1S/C25H26N4O6S/c1-15-11-18(35-27-15)14-29-23(30)22-19(13-16-5-4-6-17(12-16)34-3)21(8-7-20(22)26-24(29)31)36(32,33)28-25(2)9-10-25/h4-8,11-12,28H,9-10,13-14H2,1-3H3,(H,26,31). The summed E-state index contributed by atoms with van der Waals surface area (Å²) in [5.41, 5.74) is 0.159. The van der Waals surface area contributed by atoms with Gasteiger partial charge in [-0.15, -0.1) is 0 Å². The van der Waals surface area contributed by atoms with Gasteiger partial charge in [-0.05, 0) is 68.5 Å². The molecule has 0 saturated heterocycles. The van der Waals surface area contributed by atoms with Crippen LogP contribution in [0.15, 0.2) is 61.5 Å². The van der Waals surface area contributed by atoms with Crippen molar-refractivity contribution < 1.29 is 17.7 Å². The smallest absolute Gasteiger partial charge is 0.329 e. The fraction of sp³-hybridized carbons (Fsp3) is 0.320. The van der Waals surface area contributed by atoms with Crippen LogP contribution in [0.5, 0.6) is 5.75 Å². The van der Waals surface area contributed by atoms with Gasteiger partial charge in [-0.1, -0.05) is 17.3 Å². The van der Waals surface area contributed by atoms with Gasteiger partial charge in [0.1, 0.15) is 5.75 Å². The van der Waals surface area contributed by atoms with E-state index in [1.165, 1.54) is 12.1 Å². The highest BCUT2D eigenvalue weighted by Gasteiger charge is 2.42. The van der Waals surface area contributed by atoms with E-state index in [2.05, 4.69) is 14.9 Å². The van der Waals surface area contributed by atoms with Crippen LogP contribution in [0.2, 0.25) is 0 Å². The van der Waals surface area contributed by atoms with E-state index in [0.717, 1.165) is 23.0 Å². The van der Waals surface area contributed by atoms with Crippen molar-refractivity contribution in [2.75, 3.05) is 7.11 Å². The van der Waals surface area contributed by atoms with Gasteiger partial charge >= 0.3 is 5.69 Å². The fourth-order valence-electron chi connectivity index (χ4n) is 4.26. The number of rotatable bonds is 8. The minimum atomic E-state index is -3.96. The fourth-order valence-corrected chi connectivity index (χ4v) is 5.97. The zero-order valence-electron chi connectivity index (χ0n) is 20.1. The van der Waals surface area contributed by atoms with Crippen LogP contribution in [-0.2, 0) is 23.0 Å². The molecule has 1 saturated carbocycles. The predicted molar refractivity (Wildman–Crippen MR) is 133 cm³/mol. The molecule has 5 rings (SSSR count). The lowest BCUT2D eigenvalue weighted by atomic mass is 10.0. The van der Waals surface area contributed by atoms with E-state index in [1.807, 2.05) is 13.0 Å². The number of ether oxygens (including phenoxy) is 1. The lowest BCUT2D eigenvalue weighted by Crippen LogP contribution is -2.37. The van der Waals surface area contributed by atoms with Crippen molar-refractivity contribution in [1.82, 2.24) is 19.4 Å². The summed E-state index contributed by atoms with van der Waals surface area (Å²) >= 11 is 0. The number of methoxy groups -OCH3 is 1. The van der Waals surface area contributed by atoms with E-state index in [-0.39, 0.29) is 28.8 Å². The molecule has 188 valence electrons. The molecule has 2 heterocycles. The maximum atomic E-state index is 13.7. The maximum absolute atomic E-state index is 13.7. The number of sulfonamides is 1. The summed E-state index contributed by atoms with van der Waals surface area (Å²) in [7, 11) is -2.42. The van der Waals surface area contributed by atoms with Crippen molar-refractivity contribution in [2.45, 2.75) is 50.1 Å². The topological polar surface area (TPSA) is 136 Å². The number of aromatic nitrogens is 3. The Kier molecular flexibility index (Phi) is 5.84. The molecule has 0 radical (unpaired) electrons. The molecule has 2 N–H and O–H groups in total. The molecule has 0 unspecified atom stereocenters. The molecule has 1 aliphatic rings. The van der Waals surface area contributed by atoms with Gasteiger partial charge in [0.2, 0.25) is 10.0 Å². The molecule has 0 bridgehead atoms. The quantitative estimate of drug-likeness (QED) is 0.372. The van der Waals surface area contributed by atoms with E-state index in [9.17, 15) is 18.0 Å². The molecule has 10 nitrogen and oxygen atoms in total. The number of aromatic amines is 1. The van der Waals surface area contributed by atoms with E-state index in [4.69, 9.17) is 9.26 Å². The third-order valence-corrected chi connectivity index (χ3v) is 8.11. The third-order valence-electron chi connectivity index (χ3n) is 6.39. The van der Waals surface area contributed by atoms with Gasteiger partial charge < -0.3 is 14.2 Å². The minimum Gasteiger partial charge on any atom is -0.497 e. The van der Waals surface area contributed by atoms with Gasteiger partial charge in [-0.25, -0.2) is 17.9 Å². The zero-order valence-corrected chi connectivity index (χ0v) is 20.9. The van der Waals surface area contributed by atoms with Crippen molar-refractivity contribution in [2.24, 2.45) is 0 Å². The van der Waals surface area contributed by atoms with Gasteiger partial charge in [0, 0.05) is 11.6 Å². The van der Waals surface area contributed by atoms with Crippen LogP contribution in [0.3, 0.4) is 0 Å². The number of aryl methyl sites for hydroxylation is 1. The Labute approximate surface area is 207 Å². The average Bonchev–Trinajstić information content (AvgIpc) is 3.39. The monoisotopic (exact) mass is 510 g/mol. The Morgan fingerprint density at radius 3 is 2.64 bits per heavy atom. The van der Waals surface area contributed by atoms with Crippen molar-refractivity contribution in [1.29, 1.82) is 0 Å². The van der Waals surface area contributed by atoms with Crippen LogP contribution in [0.4, 0.5) is 0 Å². The number of benzene rings is 2. The predicted octanol–water partition coefficient (Wildman–Crippen LogP) is 2.46. The van der Waals surface area contributed by atoms with Crippen molar-refractivity contribution in [3.05, 3.63) is 85.9 Å². The molecule has 0 atom stereocenters. The second-order valence-corrected chi connectivity index (χ2v) is 11.1. The van der Waals surface area contributed by atoms with Crippen LogP contribution in [0.25, 0.3) is 10.9 Å². The highest BCUT2D eigenvalue weighted by Crippen LogP contribution is 2.37. The van der Waals surface area contributed by atoms with Crippen LogP contribution >= 0.6 is 0 Å². The molecule has 2 aromatic carbocycles. The summed E-state index contributed by atoms with van der Waals surface area (Å²) in [4.78, 5) is 29.2. The molecule has 4 aromatic rings. The molecule has 0 amide bonds. The summed E-state index contributed by atoms with van der Waals surface area (Å²) in [6.07, 6.45) is 1.60. The number of nitrogens with one attached hydrogen (secondary N) is 2. The summed E-state index contributed by atoms with van der Waals surface area (Å²) in [5.74, 6) is 0.938. The molecule has 1 fully saturated rings. The Hall–Kier alpha value is -3.70. The highest BCUT2D eigenvalue weighted by molar-refractivity contribution is 7.89. The molecular formula is C25H26N4O6S. The second-order valence-electron chi connectivity index (χ2n) is 9.42. The normalized spacial score (nSPS) is 14.8. The summed E-state index contributed by atoms with van der Waals surface area (Å²) < 4.78 is 41.2. The van der Waals surface area contributed by atoms with Crippen molar-refractivity contribution in [3.8, 4) is 5.75 Å². The van der Waals surface area contributed by atoms with E-state index in [1.54, 1.807) is 38.3 Å². The number of fused-ring (bicyclic) bond motifs is 1. The largest absolute Gasteiger partial charge is 0.497 e. The SMILES string of the molecule is COc1cccc(Cc2c(S(=O)(=O)NC3(C)CC3)ccc3[nH]c(=O)n(Cc4cc(C)no4)c(=O)c23)c1. The van der Waals surface area contributed by atoms with Crippen LogP contribution in [-0.4, -0.2) is 35.8 Å². The minimum absolute atomic E-state index is 0.00264. The molecule has 11 heteroatoms. The van der Waals surface area contributed by atoms with Gasteiger partial charge in [-0.2, -0.15) is 0 Å². The van der Waals surface area contributed by atoms with E-state index >= 15 is 0 Å². The Morgan fingerprint density at radius 2 is 1.97 bits per heavy atom. The Balaban J connectivity index is 1.74. The lowest BCUT2D eigenvalue weighted by molar-refractivity contribution is 0.370. The molecule has 36 heavy (non-hydrogen) atoms. The second kappa shape index (κ2) is 8.75. The first kappa shape index (κ1) is 24.0. The van der Waals surface area contributed by atoms with Gasteiger partial charge in [0.15, 0.2) is 5.76 Å². The summed E-state index contributed by atoms with van der Waals surface area (Å²) in [6.45, 7) is 3.44. The van der Waals surface area contributed by atoms with Gasteiger partial charge in [-0.3, -0.25) is 9.36 Å². The molecule has 0 aliphatic heterocycles. The Morgan fingerprint density at radius 1 is 1.19 bits per heavy atom. The van der Waals surface area contributed by atoms with E-state index < -0.39 is 26.8 Å². The first-order valence-corrected chi connectivity index (χ1v) is 12.9. The van der Waals surface area contributed by atoms with Gasteiger partial charge in [0.05, 0.1) is 35.1 Å². The van der Waals surface area contributed by atoms with Gasteiger partial charge in [0.25, 0.3) is 5.56 Å². The lowest BCUT2D eigenvalue weighted by Gasteiger charge is -2.17. The van der Waals surface area contributed by atoms with Crippen molar-refractivity contribution in [3.63, 3.8) is 0 Å². The molecular weight excluding hydrogens is 484 g/mol. The third kappa shape index (κ3) is 4.59. The summed E-state index contributed by atoms with van der Waals surface area (Å²) in [6, 6.07) is 11.7. The first-order chi connectivity index (χ1) is 17.1. The maximum Gasteiger partial charge on any atom is 0.329 e. The van der Waals surface area contributed by atoms with Crippen LogP contribution in [0, 0.1) is 6.92 Å². The van der Waals surface area contributed by atoms with E-state index in [0.29, 0.717) is 22.8 Å².